The zero-order valence-electron chi connectivity index (χ0n) is 10.5. The molecule has 0 aromatic heterocycles. The lowest BCUT2D eigenvalue weighted by molar-refractivity contribution is -0.120. The van der Waals surface area contributed by atoms with Gasteiger partial charge in [0.25, 0.3) is 0 Å². The number of hydrogen-bond acceptors (Lipinski definition) is 1. The second-order valence-corrected chi connectivity index (χ2v) is 5.69. The van der Waals surface area contributed by atoms with Crippen LogP contribution in [0.5, 0.6) is 0 Å². The molecule has 0 N–H and O–H groups in total. The number of rotatable bonds is 2. The number of hydrogen-bond donors (Lipinski definition) is 0. The molecular weight excluding hydrogens is 208 g/mol. The van der Waals surface area contributed by atoms with E-state index in [1.807, 2.05) is 0 Å². The molecule has 0 bridgehead atoms. The van der Waals surface area contributed by atoms with Crippen LogP contribution >= 0.6 is 0 Å². The molecule has 2 aliphatic carbocycles. The second-order valence-electron chi connectivity index (χ2n) is 5.69. The first-order valence-electron chi connectivity index (χ1n) is 6.88. The van der Waals surface area contributed by atoms with Crippen LogP contribution in [0.1, 0.15) is 62.0 Å². The van der Waals surface area contributed by atoms with Crippen molar-refractivity contribution in [3.05, 3.63) is 35.4 Å². The summed E-state index contributed by atoms with van der Waals surface area (Å²) in [6, 6.07) is 9.09. The van der Waals surface area contributed by atoms with Gasteiger partial charge in [-0.15, -0.1) is 0 Å². The first kappa shape index (κ1) is 11.0. The molecule has 0 radical (unpaired) electrons. The highest BCUT2D eigenvalue weighted by Crippen LogP contribution is 2.39. The van der Waals surface area contributed by atoms with E-state index in [0.29, 0.717) is 11.7 Å². The van der Waals surface area contributed by atoms with E-state index < -0.39 is 0 Å². The molecule has 2 unspecified atom stereocenters. The molecule has 1 nitrogen and oxygen atoms in total. The quantitative estimate of drug-likeness (QED) is 0.746. The molecule has 1 heteroatoms. The van der Waals surface area contributed by atoms with Crippen LogP contribution < -0.4 is 0 Å². The zero-order valence-corrected chi connectivity index (χ0v) is 10.5. The van der Waals surface area contributed by atoms with Gasteiger partial charge in [-0.25, -0.2) is 0 Å². The van der Waals surface area contributed by atoms with Crippen molar-refractivity contribution in [2.75, 3.05) is 0 Å². The maximum absolute atomic E-state index is 11.6. The van der Waals surface area contributed by atoms with E-state index in [1.54, 1.807) is 0 Å². The Morgan fingerprint density at radius 3 is 2.12 bits per heavy atom. The van der Waals surface area contributed by atoms with Crippen LogP contribution in [-0.4, -0.2) is 5.78 Å². The molecule has 0 aliphatic heterocycles. The Labute approximate surface area is 103 Å². The third-order valence-electron chi connectivity index (χ3n) is 4.75. The number of carbonyl (C=O) groups excluding carboxylic acids is 1. The largest absolute Gasteiger partial charge is 0.299 e. The molecule has 2 fully saturated rings. The van der Waals surface area contributed by atoms with E-state index in [-0.39, 0.29) is 5.92 Å². The van der Waals surface area contributed by atoms with E-state index >= 15 is 0 Å². The topological polar surface area (TPSA) is 17.1 Å². The van der Waals surface area contributed by atoms with Gasteiger partial charge in [0, 0.05) is 12.3 Å². The van der Waals surface area contributed by atoms with Gasteiger partial charge in [-0.3, -0.25) is 4.79 Å². The predicted molar refractivity (Wildman–Crippen MR) is 69.2 cm³/mol. The van der Waals surface area contributed by atoms with Crippen molar-refractivity contribution in [3.63, 3.8) is 0 Å². The molecule has 0 amide bonds. The first-order chi connectivity index (χ1) is 8.25. The molecule has 1 aromatic rings. The highest BCUT2D eigenvalue weighted by molar-refractivity contribution is 5.84. The molecule has 2 aliphatic rings. The van der Waals surface area contributed by atoms with E-state index in [9.17, 15) is 4.79 Å². The van der Waals surface area contributed by atoms with Gasteiger partial charge in [-0.2, -0.15) is 0 Å². The SMILES string of the molecule is CC1C(=O)CCC1c1ccc(C2CCC2)cc1. The lowest BCUT2D eigenvalue weighted by atomic mass is 9.79. The van der Waals surface area contributed by atoms with Crippen LogP contribution in [0.4, 0.5) is 0 Å². The summed E-state index contributed by atoms with van der Waals surface area (Å²) in [7, 11) is 0. The lowest BCUT2D eigenvalue weighted by Crippen LogP contribution is -2.10. The number of carbonyl (C=O) groups is 1. The van der Waals surface area contributed by atoms with Crippen molar-refractivity contribution in [3.8, 4) is 0 Å². The smallest absolute Gasteiger partial charge is 0.136 e. The monoisotopic (exact) mass is 228 g/mol. The minimum atomic E-state index is 0.226. The molecule has 0 heterocycles. The van der Waals surface area contributed by atoms with Gasteiger partial charge in [0.15, 0.2) is 0 Å². The summed E-state index contributed by atoms with van der Waals surface area (Å²) in [5.41, 5.74) is 2.86. The van der Waals surface area contributed by atoms with Crippen molar-refractivity contribution in [2.45, 2.75) is 50.9 Å². The Morgan fingerprint density at radius 2 is 1.65 bits per heavy atom. The maximum Gasteiger partial charge on any atom is 0.136 e. The van der Waals surface area contributed by atoms with Crippen molar-refractivity contribution in [2.24, 2.45) is 5.92 Å². The summed E-state index contributed by atoms with van der Waals surface area (Å²) >= 11 is 0. The predicted octanol–water partition coefficient (Wildman–Crippen LogP) is 4.04. The summed E-state index contributed by atoms with van der Waals surface area (Å²) in [4.78, 5) is 11.6. The molecular formula is C16H20O. The molecule has 2 atom stereocenters. The third kappa shape index (κ3) is 1.92. The minimum Gasteiger partial charge on any atom is -0.299 e. The van der Waals surface area contributed by atoms with Gasteiger partial charge in [-0.05, 0) is 42.2 Å². The summed E-state index contributed by atoms with van der Waals surface area (Å²) in [5.74, 6) is 1.95. The van der Waals surface area contributed by atoms with Crippen molar-refractivity contribution in [1.29, 1.82) is 0 Å². The Morgan fingerprint density at radius 1 is 1.00 bits per heavy atom. The average Bonchev–Trinajstić information content (AvgIpc) is 2.59. The first-order valence-corrected chi connectivity index (χ1v) is 6.88. The lowest BCUT2D eigenvalue weighted by Gasteiger charge is -2.26. The molecule has 2 saturated carbocycles. The second kappa shape index (κ2) is 4.29. The highest BCUT2D eigenvalue weighted by atomic mass is 16.1. The van der Waals surface area contributed by atoms with Gasteiger partial charge >= 0.3 is 0 Å². The van der Waals surface area contributed by atoms with Crippen molar-refractivity contribution in [1.82, 2.24) is 0 Å². The maximum atomic E-state index is 11.6. The molecule has 17 heavy (non-hydrogen) atoms. The van der Waals surface area contributed by atoms with Crippen molar-refractivity contribution >= 4 is 5.78 Å². The Kier molecular flexibility index (Phi) is 2.78. The normalized spacial score (nSPS) is 29.4. The molecule has 3 rings (SSSR count). The van der Waals surface area contributed by atoms with Gasteiger partial charge in [-0.1, -0.05) is 37.6 Å². The van der Waals surface area contributed by atoms with E-state index in [2.05, 4.69) is 31.2 Å². The van der Waals surface area contributed by atoms with Crippen LogP contribution in [0.15, 0.2) is 24.3 Å². The third-order valence-corrected chi connectivity index (χ3v) is 4.75. The van der Waals surface area contributed by atoms with E-state index in [0.717, 1.165) is 18.8 Å². The fourth-order valence-corrected chi connectivity index (χ4v) is 3.21. The van der Waals surface area contributed by atoms with Gasteiger partial charge in [0.1, 0.15) is 5.78 Å². The van der Waals surface area contributed by atoms with Gasteiger partial charge in [0.2, 0.25) is 0 Å². The fourth-order valence-electron chi connectivity index (χ4n) is 3.21. The minimum absolute atomic E-state index is 0.226. The number of benzene rings is 1. The van der Waals surface area contributed by atoms with Gasteiger partial charge < -0.3 is 0 Å². The van der Waals surface area contributed by atoms with Gasteiger partial charge in [0.05, 0.1) is 0 Å². The molecule has 1 aromatic carbocycles. The molecule has 0 saturated heterocycles. The fraction of sp³-hybridized carbons (Fsp3) is 0.562. The van der Waals surface area contributed by atoms with E-state index in [4.69, 9.17) is 0 Å². The Balaban J connectivity index is 1.77. The molecule has 0 spiro atoms. The van der Waals surface area contributed by atoms with Crippen LogP contribution in [0, 0.1) is 5.92 Å². The summed E-state index contributed by atoms with van der Waals surface area (Å²) in [6.45, 7) is 2.08. The number of Topliss-reactive ketones (excluding diaryl/α,β-unsaturated/α-hetero) is 1. The standard InChI is InChI=1S/C16H20O/c1-11-15(9-10-16(11)17)14-7-5-13(6-8-14)12-3-2-4-12/h5-8,11-12,15H,2-4,9-10H2,1H3. The molecule has 90 valence electrons. The van der Waals surface area contributed by atoms with Crippen molar-refractivity contribution < 1.29 is 4.79 Å². The highest BCUT2D eigenvalue weighted by Gasteiger charge is 2.31. The summed E-state index contributed by atoms with van der Waals surface area (Å²) in [6.07, 6.45) is 5.93. The average molecular weight is 228 g/mol. The van der Waals surface area contributed by atoms with Crippen LogP contribution in [0.25, 0.3) is 0 Å². The Hall–Kier alpha value is -1.11. The number of ketones is 1. The van der Waals surface area contributed by atoms with Crippen LogP contribution in [0.3, 0.4) is 0 Å². The van der Waals surface area contributed by atoms with Crippen LogP contribution in [-0.2, 0) is 4.79 Å². The van der Waals surface area contributed by atoms with E-state index in [1.165, 1.54) is 30.4 Å². The summed E-state index contributed by atoms with van der Waals surface area (Å²) < 4.78 is 0. The Bertz CT molecular complexity index is 414. The van der Waals surface area contributed by atoms with Crippen LogP contribution in [0.2, 0.25) is 0 Å². The summed E-state index contributed by atoms with van der Waals surface area (Å²) in [5, 5.41) is 0. The zero-order chi connectivity index (χ0) is 11.8.